The molecular formula is C15H21F2N. The summed E-state index contributed by atoms with van der Waals surface area (Å²) < 4.78 is 27.6. The summed E-state index contributed by atoms with van der Waals surface area (Å²) in [5.41, 5.74) is 0.294. The lowest BCUT2D eigenvalue weighted by molar-refractivity contribution is 0.429. The highest BCUT2D eigenvalue weighted by Crippen LogP contribution is 2.34. The maximum absolute atomic E-state index is 13.8. The molecule has 18 heavy (non-hydrogen) atoms. The van der Waals surface area contributed by atoms with Gasteiger partial charge in [-0.2, -0.15) is 0 Å². The molecule has 0 radical (unpaired) electrons. The van der Waals surface area contributed by atoms with E-state index in [1.807, 2.05) is 0 Å². The van der Waals surface area contributed by atoms with Crippen LogP contribution in [0.15, 0.2) is 18.2 Å². The van der Waals surface area contributed by atoms with Gasteiger partial charge in [0, 0.05) is 11.6 Å². The number of rotatable bonds is 3. The minimum Gasteiger partial charge on any atom is -0.314 e. The molecule has 2 rings (SSSR count). The molecule has 0 bridgehead atoms. The molecule has 1 aliphatic rings. The lowest BCUT2D eigenvalue weighted by Crippen LogP contribution is -2.29. The van der Waals surface area contributed by atoms with Gasteiger partial charge in [-0.1, -0.05) is 25.8 Å². The highest BCUT2D eigenvalue weighted by molar-refractivity contribution is 5.24. The Labute approximate surface area is 108 Å². The number of nitrogens with one attached hydrogen (secondary N) is 1. The molecule has 0 aromatic heterocycles. The smallest absolute Gasteiger partial charge is 0.129 e. The monoisotopic (exact) mass is 253 g/mol. The van der Waals surface area contributed by atoms with Crippen LogP contribution in [0.25, 0.3) is 0 Å². The molecule has 0 amide bonds. The maximum atomic E-state index is 13.8. The standard InChI is InChI=1S/C15H21F2N/c1-2-18-12-7-4-3-6-11(10-12)15-13(16)8-5-9-14(15)17/h5,8-9,11-12,18H,2-4,6-7,10H2,1H3. The topological polar surface area (TPSA) is 12.0 Å². The zero-order valence-corrected chi connectivity index (χ0v) is 10.9. The molecule has 0 spiro atoms. The molecule has 1 nitrogen and oxygen atoms in total. The van der Waals surface area contributed by atoms with Crippen molar-refractivity contribution in [1.29, 1.82) is 0 Å². The first-order chi connectivity index (χ1) is 8.72. The molecule has 0 saturated heterocycles. The summed E-state index contributed by atoms with van der Waals surface area (Å²) in [5, 5.41) is 3.42. The van der Waals surface area contributed by atoms with Crippen molar-refractivity contribution in [3.63, 3.8) is 0 Å². The Morgan fingerprint density at radius 1 is 1.17 bits per heavy atom. The van der Waals surface area contributed by atoms with Crippen LogP contribution in [0.5, 0.6) is 0 Å². The van der Waals surface area contributed by atoms with Gasteiger partial charge < -0.3 is 5.32 Å². The summed E-state index contributed by atoms with van der Waals surface area (Å²) in [6.07, 6.45) is 5.04. The molecule has 2 unspecified atom stereocenters. The second-order valence-electron chi connectivity index (χ2n) is 5.11. The van der Waals surface area contributed by atoms with E-state index in [-0.39, 0.29) is 5.92 Å². The van der Waals surface area contributed by atoms with Gasteiger partial charge in [-0.25, -0.2) is 8.78 Å². The van der Waals surface area contributed by atoms with Crippen LogP contribution in [0.2, 0.25) is 0 Å². The Hall–Kier alpha value is -0.960. The third-order valence-corrected chi connectivity index (χ3v) is 3.82. The largest absolute Gasteiger partial charge is 0.314 e. The fourth-order valence-corrected chi connectivity index (χ4v) is 3.00. The van der Waals surface area contributed by atoms with E-state index in [0.717, 1.165) is 38.6 Å². The van der Waals surface area contributed by atoms with E-state index in [0.29, 0.717) is 11.6 Å². The van der Waals surface area contributed by atoms with Crippen molar-refractivity contribution in [3.8, 4) is 0 Å². The van der Waals surface area contributed by atoms with Crippen molar-refractivity contribution >= 4 is 0 Å². The minimum atomic E-state index is -0.392. The van der Waals surface area contributed by atoms with Crippen LogP contribution >= 0.6 is 0 Å². The molecule has 0 aliphatic heterocycles. The van der Waals surface area contributed by atoms with Crippen molar-refractivity contribution in [2.24, 2.45) is 0 Å². The van der Waals surface area contributed by atoms with Crippen LogP contribution in [0.3, 0.4) is 0 Å². The molecular weight excluding hydrogens is 232 g/mol. The fourth-order valence-electron chi connectivity index (χ4n) is 3.00. The number of benzene rings is 1. The molecule has 100 valence electrons. The van der Waals surface area contributed by atoms with Crippen LogP contribution in [-0.4, -0.2) is 12.6 Å². The first-order valence-corrected chi connectivity index (χ1v) is 6.89. The van der Waals surface area contributed by atoms with Gasteiger partial charge in [0.15, 0.2) is 0 Å². The highest BCUT2D eigenvalue weighted by atomic mass is 19.1. The molecule has 1 aliphatic carbocycles. The average Bonchev–Trinajstić information content (AvgIpc) is 2.55. The fraction of sp³-hybridized carbons (Fsp3) is 0.600. The van der Waals surface area contributed by atoms with Crippen molar-refractivity contribution < 1.29 is 8.78 Å². The third kappa shape index (κ3) is 3.08. The van der Waals surface area contributed by atoms with Crippen molar-refractivity contribution in [1.82, 2.24) is 5.32 Å². The number of halogens is 2. The first-order valence-electron chi connectivity index (χ1n) is 6.89. The number of hydrogen-bond donors (Lipinski definition) is 1. The second-order valence-corrected chi connectivity index (χ2v) is 5.11. The summed E-state index contributed by atoms with van der Waals surface area (Å²) in [4.78, 5) is 0. The molecule has 1 aromatic carbocycles. The maximum Gasteiger partial charge on any atom is 0.129 e. The predicted octanol–water partition coefficient (Wildman–Crippen LogP) is 3.99. The predicted molar refractivity (Wildman–Crippen MR) is 69.6 cm³/mol. The molecule has 2 atom stereocenters. The van der Waals surface area contributed by atoms with E-state index in [2.05, 4.69) is 12.2 Å². The third-order valence-electron chi connectivity index (χ3n) is 3.82. The number of hydrogen-bond acceptors (Lipinski definition) is 1. The van der Waals surface area contributed by atoms with Crippen LogP contribution in [0.1, 0.15) is 50.5 Å². The van der Waals surface area contributed by atoms with Crippen molar-refractivity contribution in [2.75, 3.05) is 6.54 Å². The van der Waals surface area contributed by atoms with E-state index in [4.69, 9.17) is 0 Å². The Morgan fingerprint density at radius 2 is 1.83 bits per heavy atom. The summed E-state index contributed by atoms with van der Waals surface area (Å²) >= 11 is 0. The molecule has 1 saturated carbocycles. The summed E-state index contributed by atoms with van der Waals surface area (Å²) in [5.74, 6) is -0.771. The quantitative estimate of drug-likeness (QED) is 0.803. The first kappa shape index (κ1) is 13.5. The molecule has 3 heteroatoms. The van der Waals surface area contributed by atoms with Crippen molar-refractivity contribution in [2.45, 2.75) is 51.0 Å². The molecule has 0 heterocycles. The van der Waals surface area contributed by atoms with Crippen LogP contribution in [-0.2, 0) is 0 Å². The van der Waals surface area contributed by atoms with Gasteiger partial charge in [0.1, 0.15) is 11.6 Å². The summed E-state index contributed by atoms with van der Waals surface area (Å²) in [6.45, 7) is 2.99. The van der Waals surface area contributed by atoms with Gasteiger partial charge >= 0.3 is 0 Å². The molecule has 1 aromatic rings. The van der Waals surface area contributed by atoms with Gasteiger partial charge in [0.25, 0.3) is 0 Å². The average molecular weight is 253 g/mol. The van der Waals surface area contributed by atoms with Gasteiger partial charge in [-0.05, 0) is 43.9 Å². The lowest BCUT2D eigenvalue weighted by atomic mass is 9.89. The Morgan fingerprint density at radius 3 is 2.50 bits per heavy atom. The lowest BCUT2D eigenvalue weighted by Gasteiger charge is -2.21. The van der Waals surface area contributed by atoms with Gasteiger partial charge in [0.05, 0.1) is 0 Å². The van der Waals surface area contributed by atoms with E-state index in [1.165, 1.54) is 18.2 Å². The van der Waals surface area contributed by atoms with Gasteiger partial charge in [-0.15, -0.1) is 0 Å². The highest BCUT2D eigenvalue weighted by Gasteiger charge is 2.25. The van der Waals surface area contributed by atoms with Gasteiger partial charge in [-0.3, -0.25) is 0 Å². The van der Waals surface area contributed by atoms with E-state index < -0.39 is 11.6 Å². The zero-order valence-electron chi connectivity index (χ0n) is 10.9. The SMILES string of the molecule is CCNC1CCCCC(c2c(F)cccc2F)C1. The normalized spacial score (nSPS) is 24.8. The Balaban J connectivity index is 2.20. The van der Waals surface area contributed by atoms with E-state index in [1.54, 1.807) is 0 Å². The Bertz CT molecular complexity index is 372. The van der Waals surface area contributed by atoms with Crippen LogP contribution in [0, 0.1) is 11.6 Å². The minimum absolute atomic E-state index is 0.0118. The zero-order chi connectivity index (χ0) is 13.0. The van der Waals surface area contributed by atoms with Crippen LogP contribution < -0.4 is 5.32 Å². The van der Waals surface area contributed by atoms with Crippen molar-refractivity contribution in [3.05, 3.63) is 35.4 Å². The van der Waals surface area contributed by atoms with Crippen LogP contribution in [0.4, 0.5) is 8.78 Å². The van der Waals surface area contributed by atoms with Gasteiger partial charge in [0.2, 0.25) is 0 Å². The van der Waals surface area contributed by atoms with E-state index >= 15 is 0 Å². The summed E-state index contributed by atoms with van der Waals surface area (Å²) in [7, 11) is 0. The summed E-state index contributed by atoms with van der Waals surface area (Å²) in [6, 6.07) is 4.56. The van der Waals surface area contributed by atoms with E-state index in [9.17, 15) is 8.78 Å². The Kier molecular flexibility index (Phi) is 4.70. The molecule has 1 N–H and O–H groups in total. The molecule has 1 fully saturated rings. The second kappa shape index (κ2) is 6.28.